The minimum Gasteiger partial charge on any atom is -0.493 e. The number of ether oxygens (including phenoxy) is 2. The van der Waals surface area contributed by atoms with Crippen LogP contribution in [0.3, 0.4) is 0 Å². The molecule has 2 amide bonds. The van der Waals surface area contributed by atoms with Crippen LogP contribution in [0.4, 0.5) is 5.69 Å². The number of anilines is 1. The average molecular weight is 428 g/mol. The Bertz CT molecular complexity index is 1150. The summed E-state index contributed by atoms with van der Waals surface area (Å²) in [6.07, 6.45) is 3.79. The second-order valence-electron chi connectivity index (χ2n) is 7.42. The molecule has 3 aromatic rings. The van der Waals surface area contributed by atoms with E-state index in [1.54, 1.807) is 42.5 Å². The molecular formula is C26H24N2O4. The number of para-hydroxylation sites is 2. The van der Waals surface area contributed by atoms with Gasteiger partial charge in [-0.25, -0.2) is 0 Å². The number of hydrogen-bond acceptors (Lipinski definition) is 4. The number of nitrogens with zero attached hydrogens (tertiary/aromatic N) is 1. The zero-order chi connectivity index (χ0) is 22.5. The summed E-state index contributed by atoms with van der Waals surface area (Å²) >= 11 is 0. The molecule has 0 radical (unpaired) electrons. The van der Waals surface area contributed by atoms with Crippen LogP contribution < -0.4 is 14.8 Å². The Morgan fingerprint density at radius 3 is 2.34 bits per heavy atom. The number of carbonyl (C=O) groups is 2. The molecule has 0 fully saturated rings. The molecule has 0 aromatic heterocycles. The average Bonchev–Trinajstić information content (AvgIpc) is 2.80. The van der Waals surface area contributed by atoms with Crippen LogP contribution in [-0.4, -0.2) is 23.8 Å². The third-order valence-electron chi connectivity index (χ3n) is 5.28. The summed E-state index contributed by atoms with van der Waals surface area (Å²) in [6.45, 7) is 1.50. The van der Waals surface area contributed by atoms with Gasteiger partial charge < -0.3 is 19.7 Å². The van der Waals surface area contributed by atoms with Gasteiger partial charge in [-0.3, -0.25) is 9.59 Å². The van der Waals surface area contributed by atoms with Crippen LogP contribution >= 0.6 is 0 Å². The number of fused-ring (bicyclic) bond motifs is 1. The molecule has 1 heterocycles. The Labute approximate surface area is 187 Å². The van der Waals surface area contributed by atoms with E-state index >= 15 is 0 Å². The highest BCUT2D eigenvalue weighted by molar-refractivity contribution is 5.92. The predicted octanol–water partition coefficient (Wildman–Crippen LogP) is 5.39. The van der Waals surface area contributed by atoms with Crippen molar-refractivity contribution in [1.82, 2.24) is 4.90 Å². The third-order valence-corrected chi connectivity index (χ3v) is 5.28. The highest BCUT2D eigenvalue weighted by Gasteiger charge is 2.28. The van der Waals surface area contributed by atoms with Crippen LogP contribution in [0.2, 0.25) is 0 Å². The molecule has 1 N–H and O–H groups in total. The highest BCUT2D eigenvalue weighted by atomic mass is 16.5. The summed E-state index contributed by atoms with van der Waals surface area (Å²) in [5.74, 6) is 1.60. The van der Waals surface area contributed by atoms with Gasteiger partial charge in [0.15, 0.2) is 11.5 Å². The van der Waals surface area contributed by atoms with Crippen LogP contribution in [0.5, 0.6) is 17.2 Å². The molecule has 0 bridgehead atoms. The van der Waals surface area contributed by atoms with E-state index in [0.717, 1.165) is 11.1 Å². The van der Waals surface area contributed by atoms with Crippen LogP contribution in [0.1, 0.15) is 30.5 Å². The number of rotatable bonds is 6. The van der Waals surface area contributed by atoms with Crippen LogP contribution in [0, 0.1) is 0 Å². The third kappa shape index (κ3) is 4.64. The van der Waals surface area contributed by atoms with Gasteiger partial charge in [0.1, 0.15) is 5.75 Å². The molecule has 0 spiro atoms. The van der Waals surface area contributed by atoms with E-state index in [-0.39, 0.29) is 24.3 Å². The van der Waals surface area contributed by atoms with E-state index in [9.17, 15) is 9.59 Å². The fourth-order valence-electron chi connectivity index (χ4n) is 3.74. The van der Waals surface area contributed by atoms with Crippen molar-refractivity contribution in [2.24, 2.45) is 0 Å². The highest BCUT2D eigenvalue weighted by Crippen LogP contribution is 2.34. The van der Waals surface area contributed by atoms with E-state index in [4.69, 9.17) is 9.47 Å². The topological polar surface area (TPSA) is 67.9 Å². The number of hydrogen-bond donors (Lipinski definition) is 1. The Morgan fingerprint density at radius 1 is 0.938 bits per heavy atom. The van der Waals surface area contributed by atoms with Crippen LogP contribution in [0.15, 0.2) is 79.0 Å². The molecule has 0 saturated carbocycles. The van der Waals surface area contributed by atoms with E-state index in [0.29, 0.717) is 22.9 Å². The van der Waals surface area contributed by atoms with Crippen molar-refractivity contribution in [3.63, 3.8) is 0 Å². The normalized spacial score (nSPS) is 14.4. The first kappa shape index (κ1) is 21.2. The maximum absolute atomic E-state index is 12.8. The fraction of sp³-hybridized carbons (Fsp3) is 0.154. The van der Waals surface area contributed by atoms with Gasteiger partial charge in [0.25, 0.3) is 0 Å². The van der Waals surface area contributed by atoms with Gasteiger partial charge in [0, 0.05) is 18.8 Å². The van der Waals surface area contributed by atoms with Crippen molar-refractivity contribution in [2.75, 3.05) is 12.4 Å². The molecule has 6 heteroatoms. The van der Waals surface area contributed by atoms with Crippen molar-refractivity contribution >= 4 is 23.6 Å². The first-order chi connectivity index (χ1) is 15.5. The lowest BCUT2D eigenvalue weighted by molar-refractivity contribution is -0.129. The molecule has 3 aromatic carbocycles. The second-order valence-corrected chi connectivity index (χ2v) is 7.42. The van der Waals surface area contributed by atoms with E-state index in [1.807, 2.05) is 54.6 Å². The van der Waals surface area contributed by atoms with Crippen LogP contribution in [0.25, 0.3) is 6.08 Å². The molecular weight excluding hydrogens is 404 g/mol. The molecule has 1 atom stereocenters. The predicted molar refractivity (Wildman–Crippen MR) is 123 cm³/mol. The minimum atomic E-state index is -0.346. The smallest absolute Gasteiger partial charge is 0.226 e. The Kier molecular flexibility index (Phi) is 6.22. The number of amides is 2. The van der Waals surface area contributed by atoms with Gasteiger partial charge in [0.05, 0.1) is 19.6 Å². The zero-order valence-electron chi connectivity index (χ0n) is 17.9. The van der Waals surface area contributed by atoms with Gasteiger partial charge in [-0.2, -0.15) is 0 Å². The van der Waals surface area contributed by atoms with Crippen molar-refractivity contribution in [2.45, 2.75) is 19.4 Å². The van der Waals surface area contributed by atoms with Crippen molar-refractivity contribution < 1.29 is 19.1 Å². The molecule has 1 aliphatic heterocycles. The fourth-order valence-corrected chi connectivity index (χ4v) is 3.74. The maximum Gasteiger partial charge on any atom is 0.226 e. The van der Waals surface area contributed by atoms with Crippen molar-refractivity contribution in [1.29, 1.82) is 0 Å². The van der Waals surface area contributed by atoms with Crippen molar-refractivity contribution in [3.05, 3.63) is 90.1 Å². The molecule has 0 aliphatic carbocycles. The van der Waals surface area contributed by atoms with Gasteiger partial charge >= 0.3 is 0 Å². The summed E-state index contributed by atoms with van der Waals surface area (Å²) in [6, 6.07) is 22.0. The second kappa shape index (κ2) is 9.39. The molecule has 0 saturated heterocycles. The summed E-state index contributed by atoms with van der Waals surface area (Å²) in [4.78, 5) is 26.5. The number of benzene rings is 3. The van der Waals surface area contributed by atoms with Crippen molar-refractivity contribution in [3.8, 4) is 17.2 Å². The molecule has 6 nitrogen and oxygen atoms in total. The number of methoxy groups -OCH3 is 1. The van der Waals surface area contributed by atoms with Gasteiger partial charge in [-0.15, -0.1) is 0 Å². The number of carbonyl (C=O) groups excluding carboxylic acids is 2. The minimum absolute atomic E-state index is 0.105. The van der Waals surface area contributed by atoms with E-state index in [1.165, 1.54) is 6.92 Å². The number of nitrogens with one attached hydrogen (secondary N) is 1. The summed E-state index contributed by atoms with van der Waals surface area (Å²) in [5, 5.41) is 2.91. The molecule has 4 rings (SSSR count). The molecule has 1 aliphatic rings. The maximum atomic E-state index is 12.8. The molecule has 0 unspecified atom stereocenters. The standard InChI is InChI=1S/C26H24N2O4/c1-18(29)28-16-15-19-7-3-4-8-22(19)23(28)17-26(30)27-20-11-13-21(14-12-20)32-25-10-6-5-9-24(25)31-2/h3-16,23H,17H2,1-2H3,(H,27,30)/t23-/m1/s1. The molecule has 32 heavy (non-hydrogen) atoms. The lowest BCUT2D eigenvalue weighted by Gasteiger charge is -2.32. The lowest BCUT2D eigenvalue weighted by Crippen LogP contribution is -2.33. The summed E-state index contributed by atoms with van der Waals surface area (Å²) in [5.41, 5.74) is 2.62. The quantitative estimate of drug-likeness (QED) is 0.572. The van der Waals surface area contributed by atoms with Gasteiger partial charge in [-0.05, 0) is 53.6 Å². The largest absolute Gasteiger partial charge is 0.493 e. The van der Waals surface area contributed by atoms with Gasteiger partial charge in [0.2, 0.25) is 11.8 Å². The SMILES string of the molecule is COc1ccccc1Oc1ccc(NC(=O)C[C@@H]2c3ccccc3C=CN2C(C)=O)cc1. The summed E-state index contributed by atoms with van der Waals surface area (Å²) in [7, 11) is 1.59. The van der Waals surface area contributed by atoms with Crippen LogP contribution in [-0.2, 0) is 9.59 Å². The Balaban J connectivity index is 1.44. The summed E-state index contributed by atoms with van der Waals surface area (Å²) < 4.78 is 11.2. The molecule has 162 valence electrons. The Hall–Kier alpha value is -4.06. The monoisotopic (exact) mass is 428 g/mol. The zero-order valence-corrected chi connectivity index (χ0v) is 17.9. The van der Waals surface area contributed by atoms with E-state index in [2.05, 4.69) is 5.32 Å². The lowest BCUT2D eigenvalue weighted by atomic mass is 9.93. The van der Waals surface area contributed by atoms with Gasteiger partial charge in [-0.1, -0.05) is 36.4 Å². The Morgan fingerprint density at radius 2 is 1.62 bits per heavy atom. The first-order valence-corrected chi connectivity index (χ1v) is 10.3. The first-order valence-electron chi connectivity index (χ1n) is 10.3. The van der Waals surface area contributed by atoms with E-state index < -0.39 is 0 Å².